The summed E-state index contributed by atoms with van der Waals surface area (Å²) in [6, 6.07) is 6.19. The zero-order chi connectivity index (χ0) is 19.1. The van der Waals surface area contributed by atoms with Crippen molar-refractivity contribution < 1.29 is 4.42 Å². The van der Waals surface area contributed by atoms with Gasteiger partial charge in [-0.2, -0.15) is 14.0 Å². The molecule has 2 N–H and O–H groups in total. The van der Waals surface area contributed by atoms with E-state index in [1.165, 1.54) is 18.0 Å². The Balaban J connectivity index is 1.64. The number of anilines is 2. The van der Waals surface area contributed by atoms with Crippen LogP contribution in [0.4, 0.5) is 10.8 Å². The summed E-state index contributed by atoms with van der Waals surface area (Å²) < 4.78 is 11.8. The smallest absolute Gasteiger partial charge is 0.165 e. The van der Waals surface area contributed by atoms with Crippen LogP contribution in [0.25, 0.3) is 16.8 Å². The van der Waals surface area contributed by atoms with E-state index in [1.807, 2.05) is 36.7 Å². The van der Waals surface area contributed by atoms with Gasteiger partial charge >= 0.3 is 0 Å². The average Bonchev–Trinajstić information content (AvgIpc) is 3.42. The first kappa shape index (κ1) is 17.4. The summed E-state index contributed by atoms with van der Waals surface area (Å²) in [5.74, 6) is 2.18. The molecule has 4 aromatic heterocycles. The van der Waals surface area contributed by atoms with Gasteiger partial charge in [0.2, 0.25) is 0 Å². The lowest BCUT2D eigenvalue weighted by atomic mass is 9.96. The minimum absolute atomic E-state index is 0.399. The Morgan fingerprint density at radius 3 is 2.93 bits per heavy atom. The lowest BCUT2D eigenvalue weighted by Gasteiger charge is -2.23. The van der Waals surface area contributed by atoms with Crippen LogP contribution in [0.2, 0.25) is 0 Å². The van der Waals surface area contributed by atoms with Crippen LogP contribution in [0.5, 0.6) is 0 Å². The molecule has 1 atom stereocenters. The lowest BCUT2D eigenvalue weighted by Crippen LogP contribution is -2.29. The van der Waals surface area contributed by atoms with Crippen molar-refractivity contribution in [3.05, 3.63) is 47.8 Å². The van der Waals surface area contributed by atoms with E-state index in [0.29, 0.717) is 5.92 Å². The third-order valence-corrected chi connectivity index (χ3v) is 5.92. The fraction of sp³-hybridized carbons (Fsp3) is 0.350. The highest BCUT2D eigenvalue weighted by molar-refractivity contribution is 7.10. The predicted octanol–water partition coefficient (Wildman–Crippen LogP) is 4.27. The van der Waals surface area contributed by atoms with Gasteiger partial charge in [0.05, 0.1) is 23.8 Å². The molecular formula is C20H22N6OS. The minimum atomic E-state index is 0.399. The summed E-state index contributed by atoms with van der Waals surface area (Å²) in [4.78, 5) is 5.02. The topological polar surface area (TPSA) is 80.3 Å². The monoisotopic (exact) mass is 394 g/mol. The molecule has 0 amide bonds. The van der Waals surface area contributed by atoms with Crippen LogP contribution in [0.1, 0.15) is 35.9 Å². The molecule has 1 aliphatic rings. The van der Waals surface area contributed by atoms with Gasteiger partial charge in [-0.15, -0.1) is 0 Å². The lowest BCUT2D eigenvalue weighted by molar-refractivity contribution is 0.455. The van der Waals surface area contributed by atoms with Crippen molar-refractivity contribution in [3.8, 4) is 11.1 Å². The number of aromatic nitrogens is 4. The number of hydrogen-bond donors (Lipinski definition) is 2. The van der Waals surface area contributed by atoms with Crippen molar-refractivity contribution in [1.29, 1.82) is 0 Å². The fourth-order valence-corrected chi connectivity index (χ4v) is 4.39. The van der Waals surface area contributed by atoms with Crippen molar-refractivity contribution in [3.63, 3.8) is 0 Å². The molecule has 0 radical (unpaired) electrons. The molecule has 0 spiro atoms. The standard InChI is InChI=1S/C20H22N6OS/c1-12-6-19(28-25-12)24-18-8-17(14-4-3-5-21-9-14)23-20-16(10-22-26(18)20)15-7-13(2)27-11-15/h6-8,10-11,14,21,24H,3-5,9H2,1-2H3. The Kier molecular flexibility index (Phi) is 4.37. The fourth-order valence-electron chi connectivity index (χ4n) is 3.72. The summed E-state index contributed by atoms with van der Waals surface area (Å²) in [7, 11) is 0. The van der Waals surface area contributed by atoms with Gasteiger partial charge in [0, 0.05) is 29.7 Å². The van der Waals surface area contributed by atoms with Gasteiger partial charge < -0.3 is 15.1 Å². The molecule has 0 aromatic carbocycles. The van der Waals surface area contributed by atoms with Gasteiger partial charge in [-0.1, -0.05) is 0 Å². The second-order valence-corrected chi connectivity index (χ2v) is 8.11. The molecule has 144 valence electrons. The molecule has 0 bridgehead atoms. The van der Waals surface area contributed by atoms with E-state index in [9.17, 15) is 0 Å². The quantitative estimate of drug-likeness (QED) is 0.538. The van der Waals surface area contributed by atoms with Gasteiger partial charge in [-0.3, -0.25) is 0 Å². The maximum Gasteiger partial charge on any atom is 0.165 e. The van der Waals surface area contributed by atoms with E-state index in [-0.39, 0.29) is 0 Å². The summed E-state index contributed by atoms with van der Waals surface area (Å²) in [5.41, 5.74) is 4.91. The van der Waals surface area contributed by atoms with Crippen molar-refractivity contribution in [2.45, 2.75) is 32.6 Å². The highest BCUT2D eigenvalue weighted by Crippen LogP contribution is 2.32. The van der Waals surface area contributed by atoms with Gasteiger partial charge in [0.1, 0.15) is 16.6 Å². The van der Waals surface area contributed by atoms with Crippen LogP contribution < -0.4 is 10.6 Å². The molecular weight excluding hydrogens is 372 g/mol. The molecule has 4 aromatic rings. The van der Waals surface area contributed by atoms with Crippen LogP contribution in [0, 0.1) is 13.8 Å². The van der Waals surface area contributed by atoms with E-state index in [4.69, 9.17) is 9.40 Å². The number of nitrogens with zero attached hydrogens (tertiary/aromatic N) is 4. The molecule has 1 fully saturated rings. The van der Waals surface area contributed by atoms with Crippen molar-refractivity contribution in [1.82, 2.24) is 24.3 Å². The molecule has 28 heavy (non-hydrogen) atoms. The number of hydrogen-bond acceptors (Lipinski definition) is 7. The molecule has 0 aliphatic carbocycles. The predicted molar refractivity (Wildman–Crippen MR) is 110 cm³/mol. The number of furan rings is 1. The van der Waals surface area contributed by atoms with Crippen molar-refractivity contribution in [2.75, 3.05) is 18.4 Å². The first-order valence-corrected chi connectivity index (χ1v) is 10.3. The van der Waals surface area contributed by atoms with E-state index in [2.05, 4.69) is 26.2 Å². The first-order chi connectivity index (χ1) is 13.7. The maximum absolute atomic E-state index is 5.52. The van der Waals surface area contributed by atoms with Crippen LogP contribution in [0.3, 0.4) is 0 Å². The normalized spacial score (nSPS) is 17.3. The molecule has 5 rings (SSSR count). The van der Waals surface area contributed by atoms with Crippen LogP contribution in [-0.2, 0) is 0 Å². The Labute approximate surface area is 167 Å². The average molecular weight is 395 g/mol. The molecule has 1 saturated heterocycles. The van der Waals surface area contributed by atoms with Crippen molar-refractivity contribution in [2.24, 2.45) is 0 Å². The highest BCUT2D eigenvalue weighted by atomic mass is 32.1. The van der Waals surface area contributed by atoms with Gasteiger partial charge in [0.15, 0.2) is 5.65 Å². The summed E-state index contributed by atoms with van der Waals surface area (Å²) >= 11 is 1.45. The number of piperidine rings is 1. The Morgan fingerprint density at radius 2 is 2.21 bits per heavy atom. The van der Waals surface area contributed by atoms with Gasteiger partial charge in [-0.25, -0.2) is 4.98 Å². The van der Waals surface area contributed by atoms with Gasteiger partial charge in [0.25, 0.3) is 0 Å². The first-order valence-electron chi connectivity index (χ1n) is 9.52. The maximum atomic E-state index is 5.52. The third-order valence-electron chi connectivity index (χ3n) is 5.13. The largest absolute Gasteiger partial charge is 0.469 e. The number of nitrogens with one attached hydrogen (secondary N) is 2. The molecule has 8 heteroatoms. The second-order valence-electron chi connectivity index (χ2n) is 7.31. The number of fused-ring (bicyclic) bond motifs is 1. The zero-order valence-corrected chi connectivity index (χ0v) is 16.7. The Hall–Kier alpha value is -2.71. The number of rotatable bonds is 4. The highest BCUT2D eigenvalue weighted by Gasteiger charge is 2.21. The summed E-state index contributed by atoms with van der Waals surface area (Å²) in [5, 5.41) is 12.6. The van der Waals surface area contributed by atoms with Gasteiger partial charge in [-0.05, 0) is 56.9 Å². The molecule has 1 aliphatic heterocycles. The van der Waals surface area contributed by atoms with Crippen molar-refractivity contribution >= 4 is 28.0 Å². The summed E-state index contributed by atoms with van der Waals surface area (Å²) in [6.07, 6.45) is 5.94. The van der Waals surface area contributed by atoms with Crippen LogP contribution in [-0.4, -0.2) is 32.1 Å². The zero-order valence-electron chi connectivity index (χ0n) is 15.9. The van der Waals surface area contributed by atoms with E-state index in [0.717, 1.165) is 64.3 Å². The second kappa shape index (κ2) is 7.03. The molecule has 7 nitrogen and oxygen atoms in total. The van der Waals surface area contributed by atoms with E-state index in [1.54, 1.807) is 6.26 Å². The molecule has 5 heterocycles. The van der Waals surface area contributed by atoms with Crippen LogP contribution >= 0.6 is 11.5 Å². The number of aryl methyl sites for hydroxylation is 2. The SMILES string of the molecule is Cc1cc(Nc2cc(C3CCCNC3)nc3c(-c4coc(C)c4)cnn23)sn1. The van der Waals surface area contributed by atoms with Crippen LogP contribution in [0.15, 0.2) is 35.1 Å². The summed E-state index contributed by atoms with van der Waals surface area (Å²) in [6.45, 7) is 5.98. The Morgan fingerprint density at radius 1 is 1.29 bits per heavy atom. The Bertz CT molecular complexity index is 1120. The van der Waals surface area contributed by atoms with E-state index < -0.39 is 0 Å². The molecule has 1 unspecified atom stereocenters. The minimum Gasteiger partial charge on any atom is -0.469 e. The third kappa shape index (κ3) is 3.18. The van der Waals surface area contributed by atoms with E-state index >= 15 is 0 Å². The molecule has 0 saturated carbocycles.